The monoisotopic (exact) mass is 423 g/mol. The van der Waals surface area contributed by atoms with Crippen molar-refractivity contribution >= 4 is 10.8 Å². The molecule has 0 saturated carbocycles. The third kappa shape index (κ3) is 2.73. The van der Waals surface area contributed by atoms with Crippen LogP contribution in [-0.4, -0.2) is 0 Å². The molecule has 0 spiro atoms. The van der Waals surface area contributed by atoms with Gasteiger partial charge in [-0.2, -0.15) is 0 Å². The molecule has 5 rings (SSSR count). The summed E-state index contributed by atoms with van der Waals surface area (Å²) in [6, 6.07) is 20.0. The molecule has 0 saturated heterocycles. The second kappa shape index (κ2) is 6.78. The van der Waals surface area contributed by atoms with Gasteiger partial charge in [-0.05, 0) is 81.7 Å². The number of nitrogens with zero attached hydrogens (tertiary/aromatic N) is 1. The molecule has 0 fully saturated rings. The molecule has 3 aromatic carbocycles. The van der Waals surface area contributed by atoms with Crippen LogP contribution in [0.3, 0.4) is 0 Å². The Bertz CT molecular complexity index is 1510. The van der Waals surface area contributed by atoms with E-state index in [1.807, 2.05) is 24.6 Å². The number of hydrogen-bond acceptors (Lipinski definition) is 0. The molecule has 0 N–H and O–H groups in total. The summed E-state index contributed by atoms with van der Waals surface area (Å²) in [6.45, 7) is 11.4. The van der Waals surface area contributed by atoms with Gasteiger partial charge in [-0.15, -0.1) is 0 Å². The van der Waals surface area contributed by atoms with E-state index in [4.69, 9.17) is 4.11 Å². The molecule has 1 heterocycles. The van der Waals surface area contributed by atoms with Crippen LogP contribution in [-0.2, 0) is 17.9 Å². The third-order valence-electron chi connectivity index (χ3n) is 8.23. The fraction of sp³-hybridized carbons (Fsp3) is 0.323. The summed E-state index contributed by atoms with van der Waals surface area (Å²) in [5.74, 6) is 0. The predicted molar refractivity (Wildman–Crippen MR) is 136 cm³/mol. The van der Waals surface area contributed by atoms with Gasteiger partial charge in [0.15, 0.2) is 6.20 Å². The summed E-state index contributed by atoms with van der Waals surface area (Å²) in [5.41, 5.74) is 9.78. The third-order valence-corrected chi connectivity index (χ3v) is 8.23. The number of benzene rings is 3. The molecule has 1 aliphatic rings. The Kier molecular flexibility index (Phi) is 3.73. The topological polar surface area (TPSA) is 3.88 Å². The van der Waals surface area contributed by atoms with Crippen molar-refractivity contribution in [2.24, 2.45) is 7.05 Å². The average molecular weight is 424 g/mol. The zero-order valence-corrected chi connectivity index (χ0v) is 20.2. The zero-order valence-electron chi connectivity index (χ0n) is 23.2. The molecule has 0 bridgehead atoms. The van der Waals surface area contributed by atoms with Crippen LogP contribution in [0, 0.1) is 20.7 Å². The number of aryl methyl sites for hydroxylation is 4. The van der Waals surface area contributed by atoms with E-state index in [2.05, 4.69) is 83.1 Å². The van der Waals surface area contributed by atoms with Gasteiger partial charge in [0.25, 0.3) is 0 Å². The molecule has 0 unspecified atom stereocenters. The van der Waals surface area contributed by atoms with Gasteiger partial charge in [-0.3, -0.25) is 0 Å². The fourth-order valence-electron chi connectivity index (χ4n) is 5.48. The Labute approximate surface area is 197 Å². The Hall–Kier alpha value is -2.93. The van der Waals surface area contributed by atoms with Crippen LogP contribution in [0.2, 0.25) is 0 Å². The Morgan fingerprint density at radius 1 is 0.750 bits per heavy atom. The highest BCUT2D eigenvalue weighted by Gasteiger charge is 2.46. The SMILES string of the molecule is [2H]C([2H])([2H])c1c[n+](C)c(-c2cc3c(cc2C)-c2c(ccc4ccccc24)C(C)(C)C3(C)C)cc1C. The van der Waals surface area contributed by atoms with E-state index >= 15 is 0 Å². The molecule has 162 valence electrons. The number of rotatable bonds is 1. The highest BCUT2D eigenvalue weighted by molar-refractivity contribution is 6.01. The predicted octanol–water partition coefficient (Wildman–Crippen LogP) is 7.49. The van der Waals surface area contributed by atoms with Gasteiger partial charge in [-0.1, -0.05) is 70.2 Å². The van der Waals surface area contributed by atoms with Gasteiger partial charge in [0, 0.05) is 21.3 Å². The summed E-state index contributed by atoms with van der Waals surface area (Å²) in [5, 5.41) is 2.56. The van der Waals surface area contributed by atoms with E-state index < -0.39 is 6.85 Å². The first kappa shape index (κ1) is 17.6. The van der Waals surface area contributed by atoms with Crippen molar-refractivity contribution in [1.29, 1.82) is 0 Å². The Balaban J connectivity index is 1.83. The van der Waals surface area contributed by atoms with Gasteiger partial charge < -0.3 is 0 Å². The van der Waals surface area contributed by atoms with Crippen molar-refractivity contribution in [3.05, 3.63) is 88.6 Å². The number of aromatic nitrogens is 1. The van der Waals surface area contributed by atoms with E-state index in [0.717, 1.165) is 16.8 Å². The number of fused-ring (bicyclic) bond motifs is 5. The zero-order chi connectivity index (χ0) is 25.5. The Morgan fingerprint density at radius 3 is 2.22 bits per heavy atom. The fourth-order valence-corrected chi connectivity index (χ4v) is 5.48. The maximum atomic E-state index is 7.90. The van der Waals surface area contributed by atoms with Crippen molar-refractivity contribution in [1.82, 2.24) is 0 Å². The highest BCUT2D eigenvalue weighted by Crippen LogP contribution is 2.56. The molecule has 0 atom stereocenters. The maximum absolute atomic E-state index is 7.90. The quantitative estimate of drug-likeness (QED) is 0.279. The first-order chi connectivity index (χ1) is 16.2. The Morgan fingerprint density at radius 2 is 1.47 bits per heavy atom. The molecular weight excluding hydrogens is 386 g/mol. The van der Waals surface area contributed by atoms with Crippen molar-refractivity contribution in [2.75, 3.05) is 0 Å². The van der Waals surface area contributed by atoms with Crippen LogP contribution in [0.25, 0.3) is 33.2 Å². The molecule has 0 amide bonds. The summed E-state index contributed by atoms with van der Waals surface area (Å²) in [4.78, 5) is 0. The lowest BCUT2D eigenvalue weighted by molar-refractivity contribution is -0.660. The first-order valence-corrected chi connectivity index (χ1v) is 11.4. The molecule has 1 nitrogen and oxygen atoms in total. The largest absolute Gasteiger partial charge is 0.212 e. The van der Waals surface area contributed by atoms with Crippen molar-refractivity contribution < 1.29 is 8.68 Å². The molecule has 1 aromatic heterocycles. The standard InChI is InChI=1S/C31H34N/c1-19-16-28(32(8)18-21(19)3)24-17-27-25(15-20(24)2)29-23-12-10-9-11-22(23)13-14-26(29)30(4,5)31(27,6)7/h9-18H,1-8H3/q+1/i3D3. The van der Waals surface area contributed by atoms with Gasteiger partial charge in [0.2, 0.25) is 5.69 Å². The van der Waals surface area contributed by atoms with Crippen molar-refractivity contribution in [3.8, 4) is 22.4 Å². The minimum atomic E-state index is -2.12. The highest BCUT2D eigenvalue weighted by atomic mass is 14.9. The minimum Gasteiger partial charge on any atom is -0.201 e. The van der Waals surface area contributed by atoms with E-state index in [9.17, 15) is 0 Å². The summed E-state index contributed by atoms with van der Waals surface area (Å²) in [7, 11) is 1.95. The van der Waals surface area contributed by atoms with Gasteiger partial charge in [0.05, 0.1) is 0 Å². The van der Waals surface area contributed by atoms with Crippen LogP contribution >= 0.6 is 0 Å². The van der Waals surface area contributed by atoms with Crippen LogP contribution in [0.4, 0.5) is 0 Å². The normalized spacial score (nSPS) is 17.8. The molecule has 4 aromatic rings. The number of hydrogen-bond donors (Lipinski definition) is 0. The lowest BCUT2D eigenvalue weighted by Crippen LogP contribution is -2.43. The molecule has 1 aliphatic carbocycles. The summed E-state index contributed by atoms with van der Waals surface area (Å²) < 4.78 is 25.7. The van der Waals surface area contributed by atoms with E-state index in [1.165, 1.54) is 38.6 Å². The smallest absolute Gasteiger partial charge is 0.201 e. The average Bonchev–Trinajstić information content (AvgIpc) is 2.77. The van der Waals surface area contributed by atoms with E-state index in [0.29, 0.717) is 5.56 Å². The molecule has 32 heavy (non-hydrogen) atoms. The second-order valence-corrected chi connectivity index (χ2v) is 10.5. The summed E-state index contributed by atoms with van der Waals surface area (Å²) in [6.07, 6.45) is 1.77. The van der Waals surface area contributed by atoms with Gasteiger partial charge >= 0.3 is 0 Å². The maximum Gasteiger partial charge on any atom is 0.212 e. The second-order valence-electron chi connectivity index (χ2n) is 10.5. The molecule has 0 radical (unpaired) electrons. The van der Waals surface area contributed by atoms with E-state index in [-0.39, 0.29) is 10.8 Å². The van der Waals surface area contributed by atoms with Crippen molar-refractivity contribution in [3.63, 3.8) is 0 Å². The summed E-state index contributed by atoms with van der Waals surface area (Å²) >= 11 is 0. The number of pyridine rings is 1. The van der Waals surface area contributed by atoms with Crippen LogP contribution in [0.5, 0.6) is 0 Å². The molecule has 0 aliphatic heterocycles. The van der Waals surface area contributed by atoms with E-state index in [1.54, 1.807) is 6.20 Å². The molecule has 1 heteroatoms. The minimum absolute atomic E-state index is 0.0743. The van der Waals surface area contributed by atoms with Crippen LogP contribution < -0.4 is 4.57 Å². The first-order valence-electron chi connectivity index (χ1n) is 12.9. The lowest BCUT2D eigenvalue weighted by Gasteiger charge is -2.49. The van der Waals surface area contributed by atoms with Crippen LogP contribution in [0.15, 0.2) is 60.8 Å². The van der Waals surface area contributed by atoms with Gasteiger partial charge in [-0.25, -0.2) is 4.57 Å². The van der Waals surface area contributed by atoms with Crippen LogP contribution in [0.1, 0.15) is 59.6 Å². The van der Waals surface area contributed by atoms with Crippen molar-refractivity contribution in [2.45, 2.75) is 59.2 Å². The molecular formula is C31H34N+. The van der Waals surface area contributed by atoms with Gasteiger partial charge in [0.1, 0.15) is 7.05 Å². The lowest BCUT2D eigenvalue weighted by atomic mass is 9.54.